The van der Waals surface area contributed by atoms with Gasteiger partial charge in [-0.05, 0) is 72.6 Å². The van der Waals surface area contributed by atoms with Crippen molar-refractivity contribution < 1.29 is 19.1 Å². The number of imide groups is 1. The molecule has 4 rings (SSSR count). The fourth-order valence-corrected chi connectivity index (χ4v) is 4.21. The molecule has 1 saturated heterocycles. The van der Waals surface area contributed by atoms with Crippen molar-refractivity contribution in [3.05, 3.63) is 100.0 Å². The Balaban J connectivity index is 1.36. The first-order valence-electron chi connectivity index (χ1n) is 10.7. The van der Waals surface area contributed by atoms with Crippen molar-refractivity contribution >= 4 is 29.0 Å². The third kappa shape index (κ3) is 6.05. The molecule has 0 bridgehead atoms. The van der Waals surface area contributed by atoms with Crippen molar-refractivity contribution in [2.45, 2.75) is 20.5 Å². The molecule has 168 valence electrons. The van der Waals surface area contributed by atoms with Crippen LogP contribution in [0.1, 0.15) is 22.3 Å². The lowest BCUT2D eigenvalue weighted by Gasteiger charge is -2.13. The Morgan fingerprint density at radius 2 is 1.58 bits per heavy atom. The van der Waals surface area contributed by atoms with Crippen LogP contribution in [-0.4, -0.2) is 29.2 Å². The van der Waals surface area contributed by atoms with E-state index in [0.29, 0.717) is 17.3 Å². The maximum Gasteiger partial charge on any atom is 0.293 e. The zero-order chi connectivity index (χ0) is 23.2. The van der Waals surface area contributed by atoms with E-state index in [-0.39, 0.29) is 24.3 Å². The average molecular weight is 460 g/mol. The third-order valence-corrected chi connectivity index (χ3v) is 6.04. The predicted molar refractivity (Wildman–Crippen MR) is 131 cm³/mol. The second-order valence-electron chi connectivity index (χ2n) is 7.85. The third-order valence-electron chi connectivity index (χ3n) is 5.13. The second-order valence-corrected chi connectivity index (χ2v) is 8.84. The predicted octanol–water partition coefficient (Wildman–Crippen LogP) is 6.00. The molecule has 0 unspecified atom stereocenters. The summed E-state index contributed by atoms with van der Waals surface area (Å²) in [4.78, 5) is 26.8. The summed E-state index contributed by atoms with van der Waals surface area (Å²) in [6, 6.07) is 23.3. The van der Waals surface area contributed by atoms with Gasteiger partial charge in [0.1, 0.15) is 24.7 Å². The highest BCUT2D eigenvalue weighted by molar-refractivity contribution is 8.18. The van der Waals surface area contributed by atoms with Crippen molar-refractivity contribution in [2.24, 2.45) is 0 Å². The van der Waals surface area contributed by atoms with Gasteiger partial charge in [-0.25, -0.2) is 0 Å². The number of rotatable bonds is 8. The Morgan fingerprint density at radius 1 is 0.848 bits per heavy atom. The number of hydrogen-bond acceptors (Lipinski definition) is 5. The molecule has 1 heterocycles. The molecule has 6 heteroatoms. The van der Waals surface area contributed by atoms with E-state index < -0.39 is 0 Å². The molecule has 5 nitrogen and oxygen atoms in total. The largest absolute Gasteiger partial charge is 0.492 e. The summed E-state index contributed by atoms with van der Waals surface area (Å²) >= 11 is 0.945. The molecule has 0 aromatic heterocycles. The first kappa shape index (κ1) is 22.7. The average Bonchev–Trinajstić information content (AvgIpc) is 3.06. The molecule has 3 aromatic rings. The maximum absolute atomic E-state index is 12.8. The van der Waals surface area contributed by atoms with E-state index in [2.05, 4.69) is 12.1 Å². The van der Waals surface area contributed by atoms with Crippen LogP contribution in [0.3, 0.4) is 0 Å². The van der Waals surface area contributed by atoms with E-state index in [1.807, 2.05) is 74.5 Å². The molecule has 1 aliphatic rings. The molecule has 0 spiro atoms. The normalized spacial score (nSPS) is 14.7. The number of carbonyl (C=O) groups is 2. The topological polar surface area (TPSA) is 55.8 Å². The maximum atomic E-state index is 12.8. The fraction of sp³-hybridized carbons (Fsp3) is 0.185. The lowest BCUT2D eigenvalue weighted by atomic mass is 10.1. The van der Waals surface area contributed by atoms with Gasteiger partial charge < -0.3 is 9.47 Å². The Bertz CT molecular complexity index is 1190. The van der Waals surface area contributed by atoms with Crippen LogP contribution < -0.4 is 9.47 Å². The first-order chi connectivity index (χ1) is 16.0. The minimum absolute atomic E-state index is 0.204. The van der Waals surface area contributed by atoms with Crippen LogP contribution in [0.15, 0.2) is 77.7 Å². The molecule has 2 amide bonds. The van der Waals surface area contributed by atoms with E-state index >= 15 is 0 Å². The second kappa shape index (κ2) is 10.4. The van der Waals surface area contributed by atoms with Crippen LogP contribution >= 0.6 is 11.8 Å². The van der Waals surface area contributed by atoms with Gasteiger partial charge >= 0.3 is 0 Å². The molecule has 1 fully saturated rings. The van der Waals surface area contributed by atoms with Gasteiger partial charge in [0.05, 0.1) is 11.4 Å². The summed E-state index contributed by atoms with van der Waals surface area (Å²) < 4.78 is 11.6. The summed E-state index contributed by atoms with van der Waals surface area (Å²) in [6.07, 6.45) is 1.73. The van der Waals surface area contributed by atoms with Crippen LogP contribution in [0.5, 0.6) is 11.5 Å². The highest BCUT2D eigenvalue weighted by atomic mass is 32.2. The summed E-state index contributed by atoms with van der Waals surface area (Å²) in [5.41, 5.74) is 4.18. The number of amides is 2. The number of thioether (sulfide) groups is 1. The molecular formula is C27H25NO4S. The summed E-state index contributed by atoms with van der Waals surface area (Å²) in [6.45, 7) is 4.94. The Hall–Kier alpha value is -3.51. The Kier molecular flexibility index (Phi) is 7.15. The number of aryl methyl sites for hydroxylation is 2. The number of carbonyl (C=O) groups excluding carboxylic acids is 2. The van der Waals surface area contributed by atoms with E-state index in [1.54, 1.807) is 6.08 Å². The number of nitrogens with zero attached hydrogens (tertiary/aromatic N) is 1. The van der Waals surface area contributed by atoms with Gasteiger partial charge in [-0.3, -0.25) is 14.5 Å². The molecule has 0 saturated carbocycles. The smallest absolute Gasteiger partial charge is 0.293 e. The molecule has 33 heavy (non-hydrogen) atoms. The molecule has 0 N–H and O–H groups in total. The van der Waals surface area contributed by atoms with Gasteiger partial charge in [0.2, 0.25) is 0 Å². The van der Waals surface area contributed by atoms with Gasteiger partial charge in [-0.1, -0.05) is 54.1 Å². The lowest BCUT2D eigenvalue weighted by molar-refractivity contribution is -0.123. The number of hydrogen-bond donors (Lipinski definition) is 0. The summed E-state index contributed by atoms with van der Waals surface area (Å²) in [5.74, 6) is 1.12. The highest BCUT2D eigenvalue weighted by Gasteiger charge is 2.34. The van der Waals surface area contributed by atoms with E-state index in [0.717, 1.165) is 34.2 Å². The zero-order valence-electron chi connectivity index (χ0n) is 18.6. The first-order valence-corrected chi connectivity index (χ1v) is 11.5. The molecule has 0 atom stereocenters. The monoisotopic (exact) mass is 459 g/mol. The van der Waals surface area contributed by atoms with Gasteiger partial charge in [-0.15, -0.1) is 0 Å². The Labute approximate surface area is 198 Å². The van der Waals surface area contributed by atoms with Gasteiger partial charge in [0.25, 0.3) is 11.1 Å². The SMILES string of the molecule is Cc1ccc(COc2cccc(/C=C3\SC(=O)N(CCOc4cccc(C)c4)C3=O)c2)cc1. The van der Waals surface area contributed by atoms with Crippen LogP contribution in [0.25, 0.3) is 6.08 Å². The fourth-order valence-electron chi connectivity index (χ4n) is 3.35. The van der Waals surface area contributed by atoms with Crippen molar-refractivity contribution in [2.75, 3.05) is 13.2 Å². The van der Waals surface area contributed by atoms with Crippen molar-refractivity contribution in [3.8, 4) is 11.5 Å². The van der Waals surface area contributed by atoms with E-state index in [1.165, 1.54) is 10.5 Å². The quantitative estimate of drug-likeness (QED) is 0.387. The van der Waals surface area contributed by atoms with Gasteiger partial charge in [0.15, 0.2) is 0 Å². The number of benzene rings is 3. The standard InChI is InChI=1S/C27H25NO4S/c1-19-9-11-21(12-10-19)18-32-24-8-4-6-22(16-24)17-25-26(29)28(27(30)33-25)13-14-31-23-7-3-5-20(2)15-23/h3-12,15-17H,13-14,18H2,1-2H3/b25-17-. The van der Waals surface area contributed by atoms with Crippen LogP contribution in [-0.2, 0) is 11.4 Å². The molecule has 3 aromatic carbocycles. The Morgan fingerprint density at radius 3 is 2.33 bits per heavy atom. The van der Waals surface area contributed by atoms with Crippen LogP contribution in [0, 0.1) is 13.8 Å². The molecular weight excluding hydrogens is 434 g/mol. The molecule has 0 aliphatic carbocycles. The highest BCUT2D eigenvalue weighted by Crippen LogP contribution is 2.32. The van der Waals surface area contributed by atoms with Crippen molar-refractivity contribution in [3.63, 3.8) is 0 Å². The van der Waals surface area contributed by atoms with Crippen molar-refractivity contribution in [1.82, 2.24) is 4.90 Å². The lowest BCUT2D eigenvalue weighted by Crippen LogP contribution is -2.32. The minimum atomic E-state index is -0.302. The zero-order valence-corrected chi connectivity index (χ0v) is 19.4. The van der Waals surface area contributed by atoms with Crippen LogP contribution in [0.2, 0.25) is 0 Å². The van der Waals surface area contributed by atoms with Gasteiger partial charge in [0, 0.05) is 0 Å². The van der Waals surface area contributed by atoms with E-state index in [9.17, 15) is 9.59 Å². The summed E-state index contributed by atoms with van der Waals surface area (Å²) in [5, 5.41) is -0.286. The minimum Gasteiger partial charge on any atom is -0.492 e. The van der Waals surface area contributed by atoms with Crippen LogP contribution in [0.4, 0.5) is 4.79 Å². The summed E-state index contributed by atoms with van der Waals surface area (Å²) in [7, 11) is 0. The van der Waals surface area contributed by atoms with E-state index in [4.69, 9.17) is 9.47 Å². The van der Waals surface area contributed by atoms with Gasteiger partial charge in [-0.2, -0.15) is 0 Å². The van der Waals surface area contributed by atoms with Crippen molar-refractivity contribution in [1.29, 1.82) is 0 Å². The molecule has 0 radical (unpaired) electrons. The number of ether oxygens (including phenoxy) is 2. The molecule has 1 aliphatic heterocycles.